The van der Waals surface area contributed by atoms with Crippen LogP contribution in [0.2, 0.25) is 0 Å². The van der Waals surface area contributed by atoms with E-state index in [1.165, 1.54) is 0 Å². The van der Waals surface area contributed by atoms with Crippen molar-refractivity contribution < 1.29 is 4.79 Å². The molecule has 0 bridgehead atoms. The maximum Gasteiger partial charge on any atom is 0.247 e. The van der Waals surface area contributed by atoms with Crippen LogP contribution in [-0.2, 0) is 11.8 Å². The fraction of sp³-hybridized carbons (Fsp3) is 0.214. The molecule has 0 radical (unpaired) electrons. The number of benzene rings is 2. The van der Waals surface area contributed by atoms with Crippen molar-refractivity contribution in [3.8, 4) is 17.2 Å². The first-order chi connectivity index (χ1) is 17.0. The van der Waals surface area contributed by atoms with Gasteiger partial charge in [-0.2, -0.15) is 10.4 Å². The Morgan fingerprint density at radius 3 is 2.37 bits per heavy atom. The fourth-order valence-electron chi connectivity index (χ4n) is 3.91. The van der Waals surface area contributed by atoms with Gasteiger partial charge in [0.25, 0.3) is 0 Å². The molecule has 176 valence electrons. The molecule has 0 aliphatic heterocycles. The molecule has 4 aromatic rings. The van der Waals surface area contributed by atoms with Crippen LogP contribution in [0.25, 0.3) is 11.1 Å². The minimum atomic E-state index is -0.543. The summed E-state index contributed by atoms with van der Waals surface area (Å²) in [5, 5.41) is 19.7. The summed E-state index contributed by atoms with van der Waals surface area (Å²) in [6.07, 6.45) is 3.56. The molecular formula is C28H28N6O. The number of pyridine rings is 1. The van der Waals surface area contributed by atoms with Crippen molar-refractivity contribution in [3.63, 3.8) is 0 Å². The Hall–Kier alpha value is -4.28. The molecule has 0 fully saturated rings. The van der Waals surface area contributed by atoms with Crippen molar-refractivity contribution in [1.82, 2.24) is 20.1 Å². The van der Waals surface area contributed by atoms with E-state index in [1.807, 2.05) is 85.5 Å². The summed E-state index contributed by atoms with van der Waals surface area (Å²) in [5.74, 6) is 0.464. The molecule has 0 saturated heterocycles. The van der Waals surface area contributed by atoms with E-state index in [0.29, 0.717) is 17.9 Å². The van der Waals surface area contributed by atoms with Crippen LogP contribution in [0.15, 0.2) is 79.1 Å². The number of carbonyl (C=O) groups excluding carboxylic acids is 1. The molecule has 0 saturated carbocycles. The smallest absolute Gasteiger partial charge is 0.247 e. The SMILES string of the molecule is Cc1c(-c2ccc(NC(=O)[C@@H](NC[C@@H](C)c3ccc(C#N)cc3)c3ccccc3)nc2)cnn1C. The van der Waals surface area contributed by atoms with Crippen molar-refractivity contribution in [2.24, 2.45) is 7.05 Å². The topological polar surface area (TPSA) is 95.6 Å². The summed E-state index contributed by atoms with van der Waals surface area (Å²) >= 11 is 0. The summed E-state index contributed by atoms with van der Waals surface area (Å²) in [5.41, 5.74) is 5.62. The van der Waals surface area contributed by atoms with Gasteiger partial charge in [-0.15, -0.1) is 0 Å². The van der Waals surface area contributed by atoms with Crippen molar-refractivity contribution >= 4 is 11.7 Å². The third kappa shape index (κ3) is 5.62. The number of anilines is 1. The van der Waals surface area contributed by atoms with Crippen LogP contribution in [0.3, 0.4) is 0 Å². The molecule has 0 unspecified atom stereocenters. The lowest BCUT2D eigenvalue weighted by molar-refractivity contribution is -0.118. The molecule has 1 amide bonds. The third-order valence-corrected chi connectivity index (χ3v) is 6.19. The minimum Gasteiger partial charge on any atom is -0.309 e. The first-order valence-electron chi connectivity index (χ1n) is 11.5. The average molecular weight is 465 g/mol. The molecule has 2 heterocycles. The molecule has 2 aromatic heterocycles. The number of carbonyl (C=O) groups is 1. The number of nitriles is 1. The number of aromatic nitrogens is 3. The van der Waals surface area contributed by atoms with Gasteiger partial charge in [0.15, 0.2) is 0 Å². The minimum absolute atomic E-state index is 0.155. The average Bonchev–Trinajstić information content (AvgIpc) is 3.23. The van der Waals surface area contributed by atoms with E-state index in [9.17, 15) is 4.79 Å². The first-order valence-corrected chi connectivity index (χ1v) is 11.5. The van der Waals surface area contributed by atoms with Crippen LogP contribution in [0.1, 0.15) is 41.3 Å². The van der Waals surface area contributed by atoms with Crippen LogP contribution in [-0.4, -0.2) is 27.2 Å². The second-order valence-corrected chi connectivity index (χ2v) is 8.58. The molecular weight excluding hydrogens is 436 g/mol. The largest absolute Gasteiger partial charge is 0.309 e. The standard InChI is InChI=1S/C28H28N6O/c1-19(22-11-9-21(15-29)10-12-22)16-31-27(23-7-5-4-6-8-23)28(35)33-26-14-13-24(17-30-26)25-18-32-34(3)20(25)2/h4-14,17-19,27,31H,16H2,1-3H3,(H,30,33,35)/t19-,27+/m1/s1. The normalized spacial score (nSPS) is 12.5. The number of aryl methyl sites for hydroxylation is 1. The zero-order chi connectivity index (χ0) is 24.8. The maximum absolute atomic E-state index is 13.3. The van der Waals surface area contributed by atoms with Gasteiger partial charge < -0.3 is 10.6 Å². The predicted molar refractivity (Wildman–Crippen MR) is 137 cm³/mol. The maximum atomic E-state index is 13.3. The highest BCUT2D eigenvalue weighted by molar-refractivity contribution is 5.95. The molecule has 2 aromatic carbocycles. The summed E-state index contributed by atoms with van der Waals surface area (Å²) in [7, 11) is 1.90. The molecule has 2 N–H and O–H groups in total. The van der Waals surface area contributed by atoms with E-state index < -0.39 is 6.04 Å². The Kier molecular flexibility index (Phi) is 7.34. The van der Waals surface area contributed by atoms with E-state index in [4.69, 9.17) is 5.26 Å². The van der Waals surface area contributed by atoms with E-state index in [0.717, 1.165) is 27.9 Å². The second kappa shape index (κ2) is 10.8. The van der Waals surface area contributed by atoms with E-state index in [-0.39, 0.29) is 11.8 Å². The number of hydrogen-bond donors (Lipinski definition) is 2. The lowest BCUT2D eigenvalue weighted by Crippen LogP contribution is -2.35. The van der Waals surface area contributed by atoms with Gasteiger partial charge in [0.2, 0.25) is 5.91 Å². The van der Waals surface area contributed by atoms with Crippen LogP contribution >= 0.6 is 0 Å². The third-order valence-electron chi connectivity index (χ3n) is 6.19. The Morgan fingerprint density at radius 1 is 1.03 bits per heavy atom. The first kappa shape index (κ1) is 23.9. The quantitative estimate of drug-likeness (QED) is 0.393. The zero-order valence-corrected chi connectivity index (χ0v) is 20.1. The molecule has 0 aliphatic rings. The Morgan fingerprint density at radius 2 is 1.77 bits per heavy atom. The number of nitrogens with zero attached hydrogens (tertiary/aromatic N) is 4. The molecule has 2 atom stereocenters. The molecule has 7 heteroatoms. The van der Waals surface area contributed by atoms with Gasteiger partial charge >= 0.3 is 0 Å². The molecule has 4 rings (SSSR count). The Bertz CT molecular complexity index is 1320. The number of nitrogens with one attached hydrogen (secondary N) is 2. The number of rotatable bonds is 8. The number of amides is 1. The highest BCUT2D eigenvalue weighted by atomic mass is 16.2. The van der Waals surface area contributed by atoms with Crippen LogP contribution in [0.5, 0.6) is 0 Å². The molecule has 0 spiro atoms. The van der Waals surface area contributed by atoms with Gasteiger partial charge in [0, 0.05) is 36.6 Å². The van der Waals surface area contributed by atoms with Gasteiger partial charge in [0.05, 0.1) is 17.8 Å². The zero-order valence-electron chi connectivity index (χ0n) is 20.1. The van der Waals surface area contributed by atoms with Gasteiger partial charge in [-0.1, -0.05) is 49.4 Å². The summed E-state index contributed by atoms with van der Waals surface area (Å²) in [6.45, 7) is 4.69. The van der Waals surface area contributed by atoms with Gasteiger partial charge in [0.1, 0.15) is 11.9 Å². The van der Waals surface area contributed by atoms with Gasteiger partial charge in [-0.05, 0) is 48.2 Å². The fourth-order valence-corrected chi connectivity index (χ4v) is 3.91. The predicted octanol–water partition coefficient (Wildman–Crippen LogP) is 4.74. The van der Waals surface area contributed by atoms with Crippen molar-refractivity contribution in [1.29, 1.82) is 5.26 Å². The Labute approximate surface area is 205 Å². The summed E-state index contributed by atoms with van der Waals surface area (Å²) in [4.78, 5) is 17.8. The second-order valence-electron chi connectivity index (χ2n) is 8.58. The van der Waals surface area contributed by atoms with Crippen molar-refractivity contribution in [3.05, 3.63) is 102 Å². The van der Waals surface area contributed by atoms with E-state index in [2.05, 4.69) is 33.7 Å². The molecule has 7 nitrogen and oxygen atoms in total. The van der Waals surface area contributed by atoms with Crippen molar-refractivity contribution in [2.75, 3.05) is 11.9 Å². The molecule has 35 heavy (non-hydrogen) atoms. The highest BCUT2D eigenvalue weighted by Gasteiger charge is 2.22. The lowest BCUT2D eigenvalue weighted by Gasteiger charge is -2.21. The summed E-state index contributed by atoms with van der Waals surface area (Å²) < 4.78 is 1.82. The van der Waals surface area contributed by atoms with Crippen LogP contribution in [0.4, 0.5) is 5.82 Å². The summed E-state index contributed by atoms with van der Waals surface area (Å²) in [6, 6.07) is 22.5. The van der Waals surface area contributed by atoms with Gasteiger partial charge in [-0.25, -0.2) is 4.98 Å². The highest BCUT2D eigenvalue weighted by Crippen LogP contribution is 2.24. The van der Waals surface area contributed by atoms with Gasteiger partial charge in [-0.3, -0.25) is 9.48 Å². The monoisotopic (exact) mass is 464 g/mol. The Balaban J connectivity index is 1.47. The lowest BCUT2D eigenvalue weighted by atomic mass is 9.98. The number of hydrogen-bond acceptors (Lipinski definition) is 5. The van der Waals surface area contributed by atoms with E-state index >= 15 is 0 Å². The van der Waals surface area contributed by atoms with Crippen LogP contribution < -0.4 is 10.6 Å². The van der Waals surface area contributed by atoms with E-state index in [1.54, 1.807) is 12.3 Å². The van der Waals surface area contributed by atoms with Crippen LogP contribution in [0, 0.1) is 18.3 Å². The van der Waals surface area contributed by atoms with Crippen molar-refractivity contribution in [2.45, 2.75) is 25.8 Å². The molecule has 0 aliphatic carbocycles.